The topological polar surface area (TPSA) is 141 Å². The Morgan fingerprint density at radius 1 is 1.23 bits per heavy atom. The molecule has 3 N–H and O–H groups in total. The monoisotopic (exact) mass is 484 g/mol. The summed E-state index contributed by atoms with van der Waals surface area (Å²) in [6.45, 7) is 4.00. The normalized spacial score (nSPS) is 24.0. The van der Waals surface area contributed by atoms with Crippen molar-refractivity contribution >= 4 is 17.9 Å². The average molecular weight is 485 g/mol. The van der Waals surface area contributed by atoms with Crippen molar-refractivity contribution in [3.8, 4) is 17.1 Å². The number of carbonyl (C=O) groups is 1. The van der Waals surface area contributed by atoms with Gasteiger partial charge in [0.15, 0.2) is 0 Å². The number of rotatable bonds is 7. The van der Waals surface area contributed by atoms with Gasteiger partial charge in [-0.05, 0) is 12.8 Å². The summed E-state index contributed by atoms with van der Waals surface area (Å²) in [6, 6.07) is 1.84. The van der Waals surface area contributed by atoms with Gasteiger partial charge < -0.3 is 35.1 Å². The summed E-state index contributed by atoms with van der Waals surface area (Å²) < 4.78 is 17.3. The molecule has 2 aromatic rings. The molecule has 0 spiro atoms. The maximum absolute atomic E-state index is 12.5. The number of amides is 2. The molecule has 1 atom stereocenters. The second kappa shape index (κ2) is 10.6. The zero-order valence-corrected chi connectivity index (χ0v) is 19.9. The summed E-state index contributed by atoms with van der Waals surface area (Å²) in [5.74, 6) is 1.28. The largest absolute Gasteiger partial charge is 0.474 e. The Morgan fingerprint density at radius 2 is 2.00 bits per heavy atom. The highest BCUT2D eigenvalue weighted by Gasteiger charge is 2.36. The van der Waals surface area contributed by atoms with Crippen molar-refractivity contribution in [3.05, 3.63) is 18.5 Å². The first-order chi connectivity index (χ1) is 17.0. The van der Waals surface area contributed by atoms with Crippen LogP contribution in [0.1, 0.15) is 25.7 Å². The Kier molecular flexibility index (Phi) is 7.09. The maximum atomic E-state index is 12.5. The van der Waals surface area contributed by atoms with E-state index < -0.39 is 0 Å². The number of morpholine rings is 1. The zero-order valence-electron chi connectivity index (χ0n) is 19.9. The quantitative estimate of drug-likeness (QED) is 0.586. The average Bonchev–Trinajstić information content (AvgIpc) is 3.39. The Hall–Kier alpha value is -3.25. The molecular weight excluding hydrogens is 452 g/mol. The van der Waals surface area contributed by atoms with E-state index in [2.05, 4.69) is 25.2 Å². The highest BCUT2D eigenvalue weighted by atomic mass is 16.5. The van der Waals surface area contributed by atoms with Gasteiger partial charge in [0.05, 0.1) is 25.0 Å². The number of nitrogens with zero attached hydrogens (tertiary/aromatic N) is 6. The molecule has 3 fully saturated rings. The van der Waals surface area contributed by atoms with E-state index in [1.54, 1.807) is 23.4 Å². The molecule has 188 valence electrons. The van der Waals surface area contributed by atoms with E-state index in [-0.39, 0.29) is 30.2 Å². The molecule has 4 heterocycles. The number of nitrogens with two attached hydrogens (primary N) is 1. The number of hydrogen-bond acceptors (Lipinski definition) is 10. The van der Waals surface area contributed by atoms with Gasteiger partial charge in [0, 0.05) is 76.2 Å². The van der Waals surface area contributed by atoms with Crippen molar-refractivity contribution in [1.29, 1.82) is 0 Å². The van der Waals surface area contributed by atoms with Crippen LogP contribution < -0.4 is 20.7 Å². The van der Waals surface area contributed by atoms with Crippen molar-refractivity contribution in [2.45, 2.75) is 43.9 Å². The smallest absolute Gasteiger partial charge is 0.317 e. The Bertz CT molecular complexity index is 1010. The van der Waals surface area contributed by atoms with Crippen LogP contribution in [-0.2, 0) is 9.47 Å². The Morgan fingerprint density at radius 3 is 2.71 bits per heavy atom. The molecule has 35 heavy (non-hydrogen) atoms. The van der Waals surface area contributed by atoms with Gasteiger partial charge in [-0.15, -0.1) is 0 Å². The lowest BCUT2D eigenvalue weighted by molar-refractivity contribution is 0.0393. The standard InChI is InChI=1S/C23H32N8O4/c1-30(23(32)27-14-17-3-2-6-34-17)16-9-18(10-16)35-20-11-19(15-12-25-21(24)26-13-15)28-22(29-20)31-4-7-33-8-5-31/h11-13,16-18H,2-10,14H2,1H3,(H,27,32)(H2,24,25,26)/t16?,17-,18?/m1/s1. The van der Waals surface area contributed by atoms with Gasteiger partial charge in [-0.2, -0.15) is 4.98 Å². The molecule has 5 rings (SSSR count). The van der Waals surface area contributed by atoms with Crippen LogP contribution >= 0.6 is 0 Å². The first-order valence-corrected chi connectivity index (χ1v) is 12.1. The van der Waals surface area contributed by atoms with Gasteiger partial charge in [0.1, 0.15) is 6.10 Å². The zero-order chi connectivity index (χ0) is 24.2. The number of anilines is 2. The van der Waals surface area contributed by atoms with Gasteiger partial charge in [-0.1, -0.05) is 0 Å². The van der Waals surface area contributed by atoms with Gasteiger partial charge in [0.2, 0.25) is 17.8 Å². The molecule has 2 saturated heterocycles. The molecule has 1 aliphatic carbocycles. The highest BCUT2D eigenvalue weighted by Crippen LogP contribution is 2.31. The fourth-order valence-corrected chi connectivity index (χ4v) is 4.41. The van der Waals surface area contributed by atoms with Crippen LogP contribution in [0.15, 0.2) is 18.5 Å². The second-order valence-corrected chi connectivity index (χ2v) is 9.12. The summed E-state index contributed by atoms with van der Waals surface area (Å²) in [7, 11) is 1.83. The van der Waals surface area contributed by atoms with Crippen LogP contribution in [0.4, 0.5) is 16.7 Å². The van der Waals surface area contributed by atoms with Gasteiger partial charge in [-0.3, -0.25) is 0 Å². The number of carbonyl (C=O) groups excluding carboxylic acids is 1. The third kappa shape index (κ3) is 5.70. The summed E-state index contributed by atoms with van der Waals surface area (Å²) in [5, 5.41) is 2.98. The Labute approximate surface area is 204 Å². The molecule has 2 amide bonds. The lowest BCUT2D eigenvalue weighted by Gasteiger charge is -2.40. The molecule has 12 heteroatoms. The molecule has 2 aromatic heterocycles. The fraction of sp³-hybridized carbons (Fsp3) is 0.609. The van der Waals surface area contributed by atoms with E-state index in [9.17, 15) is 4.79 Å². The van der Waals surface area contributed by atoms with Crippen molar-refractivity contribution in [1.82, 2.24) is 30.2 Å². The van der Waals surface area contributed by atoms with Crippen molar-refractivity contribution in [2.75, 3.05) is 57.1 Å². The number of ether oxygens (including phenoxy) is 3. The van der Waals surface area contributed by atoms with Gasteiger partial charge in [-0.25, -0.2) is 19.7 Å². The maximum Gasteiger partial charge on any atom is 0.317 e. The number of nitrogens with one attached hydrogen (secondary N) is 1. The fourth-order valence-electron chi connectivity index (χ4n) is 4.41. The predicted molar refractivity (Wildman–Crippen MR) is 128 cm³/mol. The minimum absolute atomic E-state index is 0.0311. The second-order valence-electron chi connectivity index (χ2n) is 9.12. The molecule has 1 saturated carbocycles. The SMILES string of the molecule is CN(C(=O)NC[C@H]1CCCO1)C1CC(Oc2cc(-c3cnc(N)nc3)nc(N3CCOCC3)n2)C1. The van der Waals surface area contributed by atoms with Crippen LogP contribution in [-0.4, -0.2) is 95.6 Å². The van der Waals surface area contributed by atoms with E-state index in [1.165, 1.54) is 0 Å². The van der Waals surface area contributed by atoms with E-state index in [0.717, 1.165) is 37.9 Å². The Balaban J connectivity index is 1.22. The van der Waals surface area contributed by atoms with Gasteiger partial charge in [0.25, 0.3) is 0 Å². The number of nitrogen functional groups attached to an aromatic ring is 1. The van der Waals surface area contributed by atoms with E-state index in [0.29, 0.717) is 50.4 Å². The highest BCUT2D eigenvalue weighted by molar-refractivity contribution is 5.74. The molecule has 12 nitrogen and oxygen atoms in total. The molecule has 2 aliphatic heterocycles. The lowest BCUT2D eigenvalue weighted by Crippen LogP contribution is -2.53. The van der Waals surface area contributed by atoms with Crippen molar-refractivity contribution in [3.63, 3.8) is 0 Å². The summed E-state index contributed by atoms with van der Waals surface area (Å²) >= 11 is 0. The minimum Gasteiger partial charge on any atom is -0.474 e. The van der Waals surface area contributed by atoms with E-state index in [4.69, 9.17) is 24.9 Å². The number of urea groups is 1. The molecule has 0 bridgehead atoms. The van der Waals surface area contributed by atoms with Gasteiger partial charge >= 0.3 is 6.03 Å². The van der Waals surface area contributed by atoms with E-state index >= 15 is 0 Å². The third-order valence-electron chi connectivity index (χ3n) is 6.68. The first kappa shape index (κ1) is 23.5. The van der Waals surface area contributed by atoms with Crippen LogP contribution in [0.2, 0.25) is 0 Å². The van der Waals surface area contributed by atoms with Crippen LogP contribution in [0, 0.1) is 0 Å². The van der Waals surface area contributed by atoms with E-state index in [1.807, 2.05) is 7.05 Å². The molecule has 0 radical (unpaired) electrons. The number of hydrogen-bond donors (Lipinski definition) is 2. The van der Waals surface area contributed by atoms with Crippen molar-refractivity contribution in [2.24, 2.45) is 0 Å². The predicted octanol–water partition coefficient (Wildman–Crippen LogP) is 1.08. The lowest BCUT2D eigenvalue weighted by atomic mass is 9.88. The molecule has 3 aliphatic rings. The first-order valence-electron chi connectivity index (χ1n) is 12.1. The van der Waals surface area contributed by atoms with Crippen LogP contribution in [0.25, 0.3) is 11.3 Å². The summed E-state index contributed by atoms with van der Waals surface area (Å²) in [6.07, 6.45) is 6.91. The third-order valence-corrected chi connectivity index (χ3v) is 6.68. The molecule has 0 unspecified atom stereocenters. The molecule has 0 aromatic carbocycles. The number of aromatic nitrogens is 4. The summed E-state index contributed by atoms with van der Waals surface area (Å²) in [4.78, 5) is 33.9. The van der Waals surface area contributed by atoms with Crippen LogP contribution in [0.5, 0.6) is 5.88 Å². The molecular formula is C23H32N8O4. The van der Waals surface area contributed by atoms with Crippen LogP contribution in [0.3, 0.4) is 0 Å². The minimum atomic E-state index is -0.0776. The summed E-state index contributed by atoms with van der Waals surface area (Å²) in [5.41, 5.74) is 7.04. The van der Waals surface area contributed by atoms with Crippen molar-refractivity contribution < 1.29 is 19.0 Å².